The highest BCUT2D eigenvalue weighted by Crippen LogP contribution is 2.52. The summed E-state index contributed by atoms with van der Waals surface area (Å²) in [5.41, 5.74) is 0. The Hall–Kier alpha value is -0.940. The summed E-state index contributed by atoms with van der Waals surface area (Å²) >= 11 is 0. The Morgan fingerprint density at radius 3 is 2.38 bits per heavy atom. The number of aliphatic hydroxyl groups is 1. The molecule has 1 heterocycles. The lowest BCUT2D eigenvalue weighted by Gasteiger charge is -2.19. The zero-order valence-electron chi connectivity index (χ0n) is 9.64. The van der Waals surface area contributed by atoms with Crippen molar-refractivity contribution in [2.45, 2.75) is 19.4 Å². The van der Waals surface area contributed by atoms with Gasteiger partial charge in [-0.15, -0.1) is 0 Å². The average molecular weight is 226 g/mol. The first-order chi connectivity index (χ1) is 7.61. The topological polar surface area (TPSA) is 69.6 Å². The van der Waals surface area contributed by atoms with Gasteiger partial charge in [0.25, 0.3) is 0 Å². The molecule has 0 radical (unpaired) electrons. The van der Waals surface area contributed by atoms with Crippen LogP contribution < -0.4 is 5.32 Å². The number of carbonyl (C=O) groups is 2. The quantitative estimate of drug-likeness (QED) is 0.603. The van der Waals surface area contributed by atoms with Crippen LogP contribution in [-0.2, 0) is 9.59 Å². The van der Waals surface area contributed by atoms with E-state index in [0.29, 0.717) is 12.6 Å². The number of carbonyl (C=O) groups excluding carboxylic acids is 2. The first-order valence-electron chi connectivity index (χ1n) is 5.75. The first-order valence-corrected chi connectivity index (χ1v) is 5.75. The Kier molecular flexibility index (Phi) is 2.99. The predicted octanol–water partition coefficient (Wildman–Crippen LogP) is -0.792. The SMILES string of the molecule is CNC(C)CCN1C(=O)C2C(CO)C2C1=O. The van der Waals surface area contributed by atoms with Gasteiger partial charge in [-0.25, -0.2) is 0 Å². The third-order valence-corrected chi connectivity index (χ3v) is 3.76. The second kappa shape index (κ2) is 4.14. The molecule has 3 unspecified atom stereocenters. The Morgan fingerprint density at radius 2 is 1.94 bits per heavy atom. The van der Waals surface area contributed by atoms with Crippen LogP contribution in [-0.4, -0.2) is 48.1 Å². The van der Waals surface area contributed by atoms with E-state index >= 15 is 0 Å². The molecule has 5 nitrogen and oxygen atoms in total. The number of likely N-dealkylation sites (tertiary alicyclic amines) is 1. The van der Waals surface area contributed by atoms with Gasteiger partial charge in [-0.1, -0.05) is 0 Å². The Balaban J connectivity index is 1.90. The molecule has 2 fully saturated rings. The molecule has 2 rings (SSSR count). The summed E-state index contributed by atoms with van der Waals surface area (Å²) in [6, 6.07) is 0.297. The maximum absolute atomic E-state index is 11.8. The molecule has 1 saturated carbocycles. The van der Waals surface area contributed by atoms with E-state index in [1.165, 1.54) is 4.90 Å². The van der Waals surface area contributed by atoms with Crippen LogP contribution in [0.2, 0.25) is 0 Å². The van der Waals surface area contributed by atoms with Crippen molar-refractivity contribution >= 4 is 11.8 Å². The van der Waals surface area contributed by atoms with Gasteiger partial charge in [-0.3, -0.25) is 14.5 Å². The minimum absolute atomic E-state index is 0.0480. The van der Waals surface area contributed by atoms with Crippen LogP contribution in [0, 0.1) is 17.8 Å². The smallest absolute Gasteiger partial charge is 0.233 e. The van der Waals surface area contributed by atoms with E-state index in [9.17, 15) is 9.59 Å². The number of piperidine rings is 1. The van der Waals surface area contributed by atoms with Crippen LogP contribution in [0.1, 0.15) is 13.3 Å². The largest absolute Gasteiger partial charge is 0.396 e. The summed E-state index contributed by atoms with van der Waals surface area (Å²) in [5, 5.41) is 12.0. The van der Waals surface area contributed by atoms with Crippen LogP contribution in [0.25, 0.3) is 0 Å². The molecule has 16 heavy (non-hydrogen) atoms. The molecule has 0 bridgehead atoms. The highest BCUT2D eigenvalue weighted by Gasteiger charge is 2.66. The standard InChI is InChI=1S/C11H18N2O3/c1-6(12-2)3-4-13-10(15)8-7(5-14)9(8)11(13)16/h6-9,12,14H,3-5H2,1-2H3. The third kappa shape index (κ3) is 1.64. The second-order valence-corrected chi connectivity index (χ2v) is 4.70. The fourth-order valence-corrected chi connectivity index (χ4v) is 2.43. The summed E-state index contributed by atoms with van der Waals surface area (Å²) in [6.45, 7) is 2.46. The van der Waals surface area contributed by atoms with E-state index in [1.54, 1.807) is 0 Å². The highest BCUT2D eigenvalue weighted by molar-refractivity contribution is 6.09. The van der Waals surface area contributed by atoms with E-state index in [2.05, 4.69) is 5.32 Å². The van der Waals surface area contributed by atoms with Crippen LogP contribution in [0.15, 0.2) is 0 Å². The third-order valence-electron chi connectivity index (χ3n) is 3.76. The molecular weight excluding hydrogens is 208 g/mol. The maximum Gasteiger partial charge on any atom is 0.233 e. The Bertz CT molecular complexity index is 296. The molecule has 90 valence electrons. The lowest BCUT2D eigenvalue weighted by atomic mass is 10.2. The summed E-state index contributed by atoms with van der Waals surface area (Å²) in [6.07, 6.45) is 0.775. The molecule has 1 saturated heterocycles. The number of aliphatic hydroxyl groups excluding tert-OH is 1. The fourth-order valence-electron chi connectivity index (χ4n) is 2.43. The summed E-state index contributed by atoms with van der Waals surface area (Å²) < 4.78 is 0. The van der Waals surface area contributed by atoms with Crippen LogP contribution in [0.5, 0.6) is 0 Å². The first kappa shape index (κ1) is 11.5. The van der Waals surface area contributed by atoms with Gasteiger partial charge in [-0.05, 0) is 20.4 Å². The minimum Gasteiger partial charge on any atom is -0.396 e. The van der Waals surface area contributed by atoms with E-state index in [4.69, 9.17) is 5.11 Å². The van der Waals surface area contributed by atoms with Crippen molar-refractivity contribution in [1.29, 1.82) is 0 Å². The molecule has 0 aromatic rings. The number of imide groups is 1. The molecule has 0 aromatic heterocycles. The average Bonchev–Trinajstić information content (AvgIpc) is 2.96. The molecule has 1 aliphatic heterocycles. The summed E-state index contributed by atoms with van der Waals surface area (Å²) in [7, 11) is 1.86. The molecule has 2 aliphatic rings. The van der Waals surface area contributed by atoms with Gasteiger partial charge < -0.3 is 10.4 Å². The molecule has 0 aromatic carbocycles. The van der Waals surface area contributed by atoms with Gasteiger partial charge in [-0.2, -0.15) is 0 Å². The Morgan fingerprint density at radius 1 is 1.38 bits per heavy atom. The highest BCUT2D eigenvalue weighted by atomic mass is 16.3. The van der Waals surface area contributed by atoms with Crippen LogP contribution >= 0.6 is 0 Å². The predicted molar refractivity (Wildman–Crippen MR) is 57.4 cm³/mol. The van der Waals surface area contributed by atoms with Crippen molar-refractivity contribution in [1.82, 2.24) is 10.2 Å². The van der Waals surface area contributed by atoms with Gasteiger partial charge in [0.15, 0.2) is 0 Å². The van der Waals surface area contributed by atoms with Crippen LogP contribution in [0.3, 0.4) is 0 Å². The monoisotopic (exact) mass is 226 g/mol. The Labute approximate surface area is 94.8 Å². The lowest BCUT2D eigenvalue weighted by Crippen LogP contribution is -2.38. The second-order valence-electron chi connectivity index (χ2n) is 4.70. The molecule has 2 amide bonds. The van der Waals surface area contributed by atoms with Crippen molar-refractivity contribution in [2.24, 2.45) is 17.8 Å². The molecule has 2 N–H and O–H groups in total. The van der Waals surface area contributed by atoms with Gasteiger partial charge in [0.05, 0.1) is 11.8 Å². The maximum atomic E-state index is 11.8. The number of nitrogens with zero attached hydrogens (tertiary/aromatic N) is 1. The van der Waals surface area contributed by atoms with E-state index < -0.39 is 0 Å². The summed E-state index contributed by atoms with van der Waals surface area (Å²) in [5.74, 6) is -0.711. The number of rotatable bonds is 5. The molecule has 0 spiro atoms. The molecular formula is C11H18N2O3. The molecule has 5 heteroatoms. The van der Waals surface area contributed by atoms with Crippen molar-refractivity contribution < 1.29 is 14.7 Å². The normalized spacial score (nSPS) is 34.2. The number of nitrogens with one attached hydrogen (secondary N) is 1. The van der Waals surface area contributed by atoms with Gasteiger partial charge >= 0.3 is 0 Å². The molecule has 1 aliphatic carbocycles. The van der Waals surface area contributed by atoms with E-state index in [-0.39, 0.29) is 36.2 Å². The van der Waals surface area contributed by atoms with Crippen LogP contribution in [0.4, 0.5) is 0 Å². The van der Waals surface area contributed by atoms with E-state index in [0.717, 1.165) is 6.42 Å². The number of amides is 2. The fraction of sp³-hybridized carbons (Fsp3) is 0.818. The zero-order chi connectivity index (χ0) is 11.9. The molecule has 3 atom stereocenters. The van der Waals surface area contributed by atoms with E-state index in [1.807, 2.05) is 14.0 Å². The number of hydrogen-bond acceptors (Lipinski definition) is 4. The van der Waals surface area contributed by atoms with Gasteiger partial charge in [0, 0.05) is 25.1 Å². The van der Waals surface area contributed by atoms with Crippen molar-refractivity contribution in [3.8, 4) is 0 Å². The lowest BCUT2D eigenvalue weighted by molar-refractivity contribution is -0.142. The van der Waals surface area contributed by atoms with Gasteiger partial charge in [0.2, 0.25) is 11.8 Å². The number of hydrogen-bond donors (Lipinski definition) is 2. The zero-order valence-corrected chi connectivity index (χ0v) is 9.64. The minimum atomic E-state index is -0.220. The summed E-state index contributed by atoms with van der Waals surface area (Å²) in [4.78, 5) is 25.0. The van der Waals surface area contributed by atoms with Gasteiger partial charge in [0.1, 0.15) is 0 Å². The van der Waals surface area contributed by atoms with Crippen molar-refractivity contribution in [2.75, 3.05) is 20.2 Å². The number of fused-ring (bicyclic) bond motifs is 1. The van der Waals surface area contributed by atoms with Crippen molar-refractivity contribution in [3.63, 3.8) is 0 Å². The van der Waals surface area contributed by atoms with Crippen molar-refractivity contribution in [3.05, 3.63) is 0 Å².